The molecular formula is C21H25ClN2O4S. The van der Waals surface area contributed by atoms with Gasteiger partial charge in [-0.2, -0.15) is 0 Å². The lowest BCUT2D eigenvalue weighted by Crippen LogP contribution is -2.42. The van der Waals surface area contributed by atoms with Gasteiger partial charge in [-0.05, 0) is 50.1 Å². The van der Waals surface area contributed by atoms with E-state index in [1.165, 1.54) is 0 Å². The maximum Gasteiger partial charge on any atom is 0.236 e. The SMILES string of the molecule is CCCN1C(=O)C(C)(C)COc2cc(NS(=O)(=O)Cc3ccc(Cl)cc3)ccc21. The lowest BCUT2D eigenvalue weighted by molar-refractivity contribution is -0.127. The normalized spacial score (nSPS) is 16.0. The topological polar surface area (TPSA) is 75.7 Å². The van der Waals surface area contributed by atoms with E-state index in [9.17, 15) is 13.2 Å². The average molecular weight is 437 g/mol. The molecule has 6 nitrogen and oxygen atoms in total. The van der Waals surface area contributed by atoms with Crippen molar-refractivity contribution in [3.05, 3.63) is 53.1 Å². The standard InChI is InChI=1S/C21H25ClN2O4S/c1-4-11-24-18-10-9-17(12-19(18)28-14-21(2,3)20(24)25)23-29(26,27)13-15-5-7-16(22)8-6-15/h5-10,12,23H,4,11,13-14H2,1-3H3. The van der Waals surface area contributed by atoms with E-state index in [2.05, 4.69) is 4.72 Å². The fraction of sp³-hybridized carbons (Fsp3) is 0.381. The highest BCUT2D eigenvalue weighted by Crippen LogP contribution is 2.38. The predicted octanol–water partition coefficient (Wildman–Crippen LogP) is 4.44. The number of sulfonamides is 1. The van der Waals surface area contributed by atoms with Crippen LogP contribution in [0.5, 0.6) is 5.75 Å². The number of anilines is 2. The molecule has 0 fully saturated rings. The minimum atomic E-state index is -3.62. The highest BCUT2D eigenvalue weighted by molar-refractivity contribution is 7.91. The maximum atomic E-state index is 12.9. The summed E-state index contributed by atoms with van der Waals surface area (Å²) >= 11 is 5.85. The van der Waals surface area contributed by atoms with Gasteiger partial charge in [-0.15, -0.1) is 0 Å². The Morgan fingerprint density at radius 1 is 1.17 bits per heavy atom. The van der Waals surface area contributed by atoms with Gasteiger partial charge in [-0.1, -0.05) is 30.7 Å². The summed E-state index contributed by atoms with van der Waals surface area (Å²) in [5.41, 5.74) is 1.02. The van der Waals surface area contributed by atoms with Crippen LogP contribution in [-0.2, 0) is 20.6 Å². The highest BCUT2D eigenvalue weighted by atomic mass is 35.5. The number of ether oxygens (including phenoxy) is 1. The Labute approximate surface area is 176 Å². The summed E-state index contributed by atoms with van der Waals surface area (Å²) in [7, 11) is -3.62. The first-order chi connectivity index (χ1) is 13.6. The van der Waals surface area contributed by atoms with Crippen molar-refractivity contribution in [1.82, 2.24) is 0 Å². The minimum Gasteiger partial charge on any atom is -0.490 e. The van der Waals surface area contributed by atoms with Crippen molar-refractivity contribution in [3.8, 4) is 5.75 Å². The molecule has 0 aliphatic carbocycles. The zero-order valence-corrected chi connectivity index (χ0v) is 18.3. The lowest BCUT2D eigenvalue weighted by Gasteiger charge is -2.27. The van der Waals surface area contributed by atoms with E-state index < -0.39 is 15.4 Å². The van der Waals surface area contributed by atoms with Gasteiger partial charge in [-0.3, -0.25) is 9.52 Å². The van der Waals surface area contributed by atoms with E-state index in [0.717, 1.165) is 6.42 Å². The second kappa shape index (κ2) is 8.24. The fourth-order valence-corrected chi connectivity index (χ4v) is 4.49. The number of carbonyl (C=O) groups excluding carboxylic acids is 1. The second-order valence-corrected chi connectivity index (χ2v) is 9.96. The Morgan fingerprint density at radius 2 is 1.86 bits per heavy atom. The molecule has 0 aromatic heterocycles. The fourth-order valence-electron chi connectivity index (χ4n) is 3.17. The maximum absolute atomic E-state index is 12.9. The summed E-state index contributed by atoms with van der Waals surface area (Å²) in [5.74, 6) is 0.313. The van der Waals surface area contributed by atoms with Gasteiger partial charge in [0.1, 0.15) is 12.4 Å². The zero-order chi connectivity index (χ0) is 21.2. The van der Waals surface area contributed by atoms with Crippen LogP contribution >= 0.6 is 11.6 Å². The van der Waals surface area contributed by atoms with Gasteiger partial charge in [0.05, 0.1) is 22.5 Å². The Kier molecular flexibility index (Phi) is 6.10. The Hall–Kier alpha value is -2.25. The van der Waals surface area contributed by atoms with Crippen LogP contribution in [0.1, 0.15) is 32.8 Å². The summed E-state index contributed by atoms with van der Waals surface area (Å²) in [5, 5.41) is 0.552. The lowest BCUT2D eigenvalue weighted by atomic mass is 9.93. The van der Waals surface area contributed by atoms with Crippen molar-refractivity contribution in [3.63, 3.8) is 0 Å². The molecule has 0 atom stereocenters. The summed E-state index contributed by atoms with van der Waals surface area (Å²) in [6.45, 7) is 6.49. The van der Waals surface area contributed by atoms with E-state index in [4.69, 9.17) is 16.3 Å². The number of nitrogens with zero attached hydrogens (tertiary/aromatic N) is 1. The summed E-state index contributed by atoms with van der Waals surface area (Å²) in [6, 6.07) is 11.7. The van der Waals surface area contributed by atoms with Gasteiger partial charge >= 0.3 is 0 Å². The van der Waals surface area contributed by atoms with Gasteiger partial charge in [0.2, 0.25) is 15.9 Å². The first kappa shape index (κ1) is 21.5. The summed E-state index contributed by atoms with van der Waals surface area (Å²) in [4.78, 5) is 14.6. The number of benzene rings is 2. The third-order valence-corrected chi connectivity index (χ3v) is 6.17. The number of hydrogen-bond donors (Lipinski definition) is 1. The summed E-state index contributed by atoms with van der Waals surface area (Å²) < 4.78 is 33.6. The quantitative estimate of drug-likeness (QED) is 0.726. The third kappa shape index (κ3) is 5.03. The molecule has 2 aromatic rings. The number of fused-ring (bicyclic) bond motifs is 1. The van der Waals surface area contributed by atoms with Crippen LogP contribution in [0.3, 0.4) is 0 Å². The number of hydrogen-bond acceptors (Lipinski definition) is 4. The number of carbonyl (C=O) groups is 1. The molecule has 0 spiro atoms. The van der Waals surface area contributed by atoms with Crippen molar-refractivity contribution in [1.29, 1.82) is 0 Å². The van der Waals surface area contributed by atoms with Crippen LogP contribution < -0.4 is 14.4 Å². The third-order valence-electron chi connectivity index (χ3n) is 4.65. The monoisotopic (exact) mass is 436 g/mol. The molecule has 8 heteroatoms. The van der Waals surface area contributed by atoms with Crippen molar-refractivity contribution in [2.24, 2.45) is 5.41 Å². The number of amides is 1. The van der Waals surface area contributed by atoms with Crippen LogP contribution in [0.4, 0.5) is 11.4 Å². The molecule has 1 N–H and O–H groups in total. The van der Waals surface area contributed by atoms with Gasteiger partial charge in [0.15, 0.2) is 0 Å². The number of halogens is 1. The van der Waals surface area contributed by atoms with Gasteiger partial charge in [0.25, 0.3) is 0 Å². The van der Waals surface area contributed by atoms with Crippen molar-refractivity contribution in [2.75, 3.05) is 22.8 Å². The van der Waals surface area contributed by atoms with Gasteiger partial charge < -0.3 is 9.64 Å². The van der Waals surface area contributed by atoms with Crippen molar-refractivity contribution in [2.45, 2.75) is 32.9 Å². The van der Waals surface area contributed by atoms with Crippen molar-refractivity contribution >= 4 is 38.9 Å². The molecule has 156 valence electrons. The molecule has 0 unspecified atom stereocenters. The van der Waals surface area contributed by atoms with E-state index in [1.807, 2.05) is 20.8 Å². The predicted molar refractivity (Wildman–Crippen MR) is 116 cm³/mol. The largest absolute Gasteiger partial charge is 0.490 e. The van der Waals surface area contributed by atoms with E-state index in [0.29, 0.717) is 34.3 Å². The Balaban J connectivity index is 1.85. The molecule has 0 saturated carbocycles. The molecule has 29 heavy (non-hydrogen) atoms. The van der Waals surface area contributed by atoms with E-state index in [-0.39, 0.29) is 18.3 Å². The minimum absolute atomic E-state index is 0.00540. The second-order valence-electron chi connectivity index (χ2n) is 7.80. The smallest absolute Gasteiger partial charge is 0.236 e. The molecule has 1 amide bonds. The zero-order valence-electron chi connectivity index (χ0n) is 16.7. The number of nitrogens with one attached hydrogen (secondary N) is 1. The van der Waals surface area contributed by atoms with Gasteiger partial charge in [-0.25, -0.2) is 8.42 Å². The molecule has 3 rings (SSSR count). The molecule has 0 saturated heterocycles. The first-order valence-electron chi connectivity index (χ1n) is 9.45. The van der Waals surface area contributed by atoms with Crippen LogP contribution in [0.2, 0.25) is 5.02 Å². The van der Waals surface area contributed by atoms with E-state index in [1.54, 1.807) is 47.4 Å². The van der Waals surface area contributed by atoms with Crippen LogP contribution in [0, 0.1) is 5.41 Å². The molecule has 1 heterocycles. The van der Waals surface area contributed by atoms with Crippen LogP contribution in [0.25, 0.3) is 0 Å². The molecule has 1 aliphatic heterocycles. The first-order valence-corrected chi connectivity index (χ1v) is 11.5. The Bertz CT molecular complexity index is 1000. The molecular weight excluding hydrogens is 412 g/mol. The molecule has 1 aliphatic rings. The highest BCUT2D eigenvalue weighted by Gasteiger charge is 2.37. The van der Waals surface area contributed by atoms with Crippen LogP contribution in [0.15, 0.2) is 42.5 Å². The molecule has 0 radical (unpaired) electrons. The van der Waals surface area contributed by atoms with Gasteiger partial charge in [0, 0.05) is 17.6 Å². The van der Waals surface area contributed by atoms with Crippen LogP contribution in [-0.4, -0.2) is 27.5 Å². The summed E-state index contributed by atoms with van der Waals surface area (Å²) in [6.07, 6.45) is 0.802. The number of rotatable bonds is 6. The van der Waals surface area contributed by atoms with Crippen molar-refractivity contribution < 1.29 is 17.9 Å². The molecule has 2 aromatic carbocycles. The Morgan fingerprint density at radius 3 is 2.52 bits per heavy atom. The average Bonchev–Trinajstić information content (AvgIpc) is 2.74. The van der Waals surface area contributed by atoms with E-state index >= 15 is 0 Å². The molecule has 0 bridgehead atoms.